The second-order valence-electron chi connectivity index (χ2n) is 3.99. The van der Waals surface area contributed by atoms with Crippen molar-refractivity contribution in [1.82, 2.24) is 0 Å². The fourth-order valence-corrected chi connectivity index (χ4v) is 1.64. The quantitative estimate of drug-likeness (QED) is 0.886. The highest BCUT2D eigenvalue weighted by Crippen LogP contribution is 2.26. The van der Waals surface area contributed by atoms with E-state index in [1.807, 2.05) is 56.4 Å². The van der Waals surface area contributed by atoms with Gasteiger partial charge in [0.1, 0.15) is 17.6 Å². The van der Waals surface area contributed by atoms with Crippen LogP contribution >= 0.6 is 0 Å². The number of ether oxygens (including phenoxy) is 1. The first-order valence-electron chi connectivity index (χ1n) is 5.69. The third-order valence-electron chi connectivity index (χ3n) is 2.63. The molecule has 0 radical (unpaired) electrons. The number of anilines is 1. The standard InChI is InChI=1S/C15H14N2O/c1-11-3-8-15(12(9-11)10-16)18-14-6-4-13(17-2)5-7-14/h3-9,17H,1-2H3. The summed E-state index contributed by atoms with van der Waals surface area (Å²) in [4.78, 5) is 0. The summed E-state index contributed by atoms with van der Waals surface area (Å²) in [6.07, 6.45) is 0. The molecule has 18 heavy (non-hydrogen) atoms. The highest BCUT2D eigenvalue weighted by Gasteiger charge is 2.04. The predicted molar refractivity (Wildman–Crippen MR) is 72.0 cm³/mol. The van der Waals surface area contributed by atoms with Gasteiger partial charge in [-0.1, -0.05) is 6.07 Å². The van der Waals surface area contributed by atoms with Crippen LogP contribution in [0.1, 0.15) is 11.1 Å². The van der Waals surface area contributed by atoms with Gasteiger partial charge in [-0.3, -0.25) is 0 Å². The van der Waals surface area contributed by atoms with E-state index in [2.05, 4.69) is 11.4 Å². The van der Waals surface area contributed by atoms with Crippen LogP contribution in [-0.4, -0.2) is 7.05 Å². The molecular weight excluding hydrogens is 224 g/mol. The summed E-state index contributed by atoms with van der Waals surface area (Å²) < 4.78 is 5.70. The van der Waals surface area contributed by atoms with Crippen molar-refractivity contribution in [3.8, 4) is 17.6 Å². The van der Waals surface area contributed by atoms with Gasteiger partial charge in [0.15, 0.2) is 0 Å². The average molecular weight is 238 g/mol. The Morgan fingerprint density at radius 3 is 2.44 bits per heavy atom. The molecule has 0 aliphatic carbocycles. The van der Waals surface area contributed by atoms with E-state index in [0.717, 1.165) is 11.3 Å². The minimum Gasteiger partial charge on any atom is -0.456 e. The topological polar surface area (TPSA) is 45.0 Å². The van der Waals surface area contributed by atoms with E-state index in [-0.39, 0.29) is 0 Å². The Morgan fingerprint density at radius 1 is 1.11 bits per heavy atom. The number of nitriles is 1. The zero-order valence-electron chi connectivity index (χ0n) is 10.4. The lowest BCUT2D eigenvalue weighted by molar-refractivity contribution is 0.481. The Hall–Kier alpha value is -2.47. The molecule has 0 saturated heterocycles. The molecule has 1 N–H and O–H groups in total. The van der Waals surface area contributed by atoms with Gasteiger partial charge in [0.25, 0.3) is 0 Å². The first kappa shape index (κ1) is 12.0. The molecule has 0 spiro atoms. The SMILES string of the molecule is CNc1ccc(Oc2ccc(C)cc2C#N)cc1. The minimum absolute atomic E-state index is 0.549. The van der Waals surface area contributed by atoms with Crippen LogP contribution in [-0.2, 0) is 0 Å². The first-order valence-corrected chi connectivity index (χ1v) is 5.69. The molecule has 0 aliphatic heterocycles. The zero-order valence-corrected chi connectivity index (χ0v) is 10.4. The highest BCUT2D eigenvalue weighted by atomic mass is 16.5. The molecule has 0 bridgehead atoms. The molecule has 0 fully saturated rings. The maximum Gasteiger partial charge on any atom is 0.145 e. The number of aryl methyl sites for hydroxylation is 1. The van der Waals surface area contributed by atoms with Crippen molar-refractivity contribution in [2.24, 2.45) is 0 Å². The van der Waals surface area contributed by atoms with Crippen molar-refractivity contribution in [3.63, 3.8) is 0 Å². The molecule has 0 saturated carbocycles. The van der Waals surface area contributed by atoms with Crippen LogP contribution in [0.15, 0.2) is 42.5 Å². The van der Waals surface area contributed by atoms with E-state index in [4.69, 9.17) is 10.00 Å². The molecular formula is C15H14N2O. The Balaban J connectivity index is 2.25. The molecule has 0 unspecified atom stereocenters. The third-order valence-corrected chi connectivity index (χ3v) is 2.63. The molecule has 0 atom stereocenters. The largest absolute Gasteiger partial charge is 0.456 e. The molecule has 0 heterocycles. The Morgan fingerprint density at radius 2 is 1.83 bits per heavy atom. The number of hydrogen-bond donors (Lipinski definition) is 1. The van der Waals surface area contributed by atoms with E-state index >= 15 is 0 Å². The smallest absolute Gasteiger partial charge is 0.145 e. The minimum atomic E-state index is 0.549. The van der Waals surface area contributed by atoms with Gasteiger partial charge in [-0.05, 0) is 48.9 Å². The monoisotopic (exact) mass is 238 g/mol. The van der Waals surface area contributed by atoms with Crippen LogP contribution in [0.25, 0.3) is 0 Å². The second kappa shape index (κ2) is 5.24. The summed E-state index contributed by atoms with van der Waals surface area (Å²) in [5, 5.41) is 12.1. The molecule has 0 aliphatic rings. The molecule has 0 amide bonds. The van der Waals surface area contributed by atoms with Gasteiger partial charge in [-0.25, -0.2) is 0 Å². The van der Waals surface area contributed by atoms with E-state index in [0.29, 0.717) is 17.1 Å². The van der Waals surface area contributed by atoms with E-state index < -0.39 is 0 Å². The van der Waals surface area contributed by atoms with Crippen LogP contribution < -0.4 is 10.1 Å². The first-order chi connectivity index (χ1) is 8.72. The summed E-state index contributed by atoms with van der Waals surface area (Å²) in [7, 11) is 1.86. The summed E-state index contributed by atoms with van der Waals surface area (Å²) in [6.45, 7) is 1.95. The molecule has 2 aromatic carbocycles. The normalized spacial score (nSPS) is 9.61. The Labute approximate surface area is 107 Å². The van der Waals surface area contributed by atoms with Crippen molar-refractivity contribution in [2.75, 3.05) is 12.4 Å². The van der Waals surface area contributed by atoms with Crippen molar-refractivity contribution in [1.29, 1.82) is 5.26 Å². The number of hydrogen-bond acceptors (Lipinski definition) is 3. The van der Waals surface area contributed by atoms with E-state index in [9.17, 15) is 0 Å². The molecule has 2 aromatic rings. The van der Waals surface area contributed by atoms with Crippen LogP contribution in [0.4, 0.5) is 5.69 Å². The number of rotatable bonds is 3. The fourth-order valence-electron chi connectivity index (χ4n) is 1.64. The Bertz CT molecular complexity index is 582. The van der Waals surface area contributed by atoms with Gasteiger partial charge < -0.3 is 10.1 Å². The summed E-state index contributed by atoms with van der Waals surface area (Å²) in [6, 6.07) is 15.3. The van der Waals surface area contributed by atoms with Crippen LogP contribution in [0, 0.1) is 18.3 Å². The van der Waals surface area contributed by atoms with Gasteiger partial charge in [0.05, 0.1) is 5.56 Å². The molecule has 3 nitrogen and oxygen atoms in total. The van der Waals surface area contributed by atoms with E-state index in [1.165, 1.54) is 0 Å². The number of nitrogens with zero attached hydrogens (tertiary/aromatic N) is 1. The lowest BCUT2D eigenvalue weighted by Gasteiger charge is -2.08. The Kier molecular flexibility index (Phi) is 3.49. The lowest BCUT2D eigenvalue weighted by Crippen LogP contribution is -1.90. The van der Waals surface area contributed by atoms with Crippen LogP contribution in [0.5, 0.6) is 11.5 Å². The maximum atomic E-state index is 9.06. The molecule has 3 heteroatoms. The number of benzene rings is 2. The predicted octanol–water partition coefficient (Wildman–Crippen LogP) is 3.70. The van der Waals surface area contributed by atoms with Crippen molar-refractivity contribution in [3.05, 3.63) is 53.6 Å². The molecule has 0 aromatic heterocycles. The molecule has 2 rings (SSSR count). The van der Waals surface area contributed by atoms with Crippen molar-refractivity contribution >= 4 is 5.69 Å². The van der Waals surface area contributed by atoms with Crippen LogP contribution in [0.3, 0.4) is 0 Å². The van der Waals surface area contributed by atoms with Gasteiger partial charge in [0, 0.05) is 12.7 Å². The average Bonchev–Trinajstić information content (AvgIpc) is 2.41. The van der Waals surface area contributed by atoms with Crippen molar-refractivity contribution in [2.45, 2.75) is 6.92 Å². The summed E-state index contributed by atoms with van der Waals surface area (Å²) in [5.41, 5.74) is 2.61. The maximum absolute atomic E-state index is 9.06. The molecule has 90 valence electrons. The van der Waals surface area contributed by atoms with Gasteiger partial charge in [0.2, 0.25) is 0 Å². The van der Waals surface area contributed by atoms with Gasteiger partial charge in [-0.15, -0.1) is 0 Å². The highest BCUT2D eigenvalue weighted by molar-refractivity contribution is 5.49. The fraction of sp³-hybridized carbons (Fsp3) is 0.133. The second-order valence-corrected chi connectivity index (χ2v) is 3.99. The van der Waals surface area contributed by atoms with Gasteiger partial charge >= 0.3 is 0 Å². The summed E-state index contributed by atoms with van der Waals surface area (Å²) in [5.74, 6) is 1.30. The van der Waals surface area contributed by atoms with Crippen molar-refractivity contribution < 1.29 is 4.74 Å². The van der Waals surface area contributed by atoms with Crippen LogP contribution in [0.2, 0.25) is 0 Å². The van der Waals surface area contributed by atoms with E-state index in [1.54, 1.807) is 0 Å². The van der Waals surface area contributed by atoms with Gasteiger partial charge in [-0.2, -0.15) is 5.26 Å². The third kappa shape index (κ3) is 2.61. The number of nitrogens with one attached hydrogen (secondary N) is 1. The zero-order chi connectivity index (χ0) is 13.0. The summed E-state index contributed by atoms with van der Waals surface area (Å²) >= 11 is 0. The lowest BCUT2D eigenvalue weighted by atomic mass is 10.1.